The van der Waals surface area contributed by atoms with Crippen LogP contribution >= 0.6 is 0 Å². The van der Waals surface area contributed by atoms with E-state index in [1.165, 1.54) is 11.1 Å². The van der Waals surface area contributed by atoms with Gasteiger partial charge in [0.15, 0.2) is 0 Å². The highest BCUT2D eigenvalue weighted by atomic mass is 16.3. The van der Waals surface area contributed by atoms with E-state index in [-0.39, 0.29) is 6.61 Å². The van der Waals surface area contributed by atoms with Crippen molar-refractivity contribution in [3.63, 3.8) is 0 Å². The van der Waals surface area contributed by atoms with Crippen molar-refractivity contribution in [2.75, 3.05) is 0 Å². The van der Waals surface area contributed by atoms with Crippen molar-refractivity contribution in [1.29, 1.82) is 0 Å². The first-order valence-corrected chi connectivity index (χ1v) is 5.47. The molecule has 0 saturated carbocycles. The van der Waals surface area contributed by atoms with Gasteiger partial charge in [-0.1, -0.05) is 18.2 Å². The molecule has 0 spiro atoms. The molecule has 0 saturated heterocycles. The lowest BCUT2D eigenvalue weighted by atomic mass is 10.0. The van der Waals surface area contributed by atoms with E-state index in [0.29, 0.717) is 0 Å². The number of rotatable bonds is 3. The normalized spacial score (nSPS) is 10.7. The second kappa shape index (κ2) is 4.49. The zero-order valence-corrected chi connectivity index (χ0v) is 9.64. The van der Waals surface area contributed by atoms with Crippen LogP contribution in [-0.2, 0) is 13.2 Å². The average molecular weight is 216 g/mol. The average Bonchev–Trinajstić information content (AvgIpc) is 2.77. The highest BCUT2D eigenvalue weighted by Crippen LogP contribution is 2.23. The van der Waals surface area contributed by atoms with Crippen molar-refractivity contribution >= 4 is 0 Å². The number of aromatic nitrogens is 2. The summed E-state index contributed by atoms with van der Waals surface area (Å²) in [7, 11) is 0. The van der Waals surface area contributed by atoms with Gasteiger partial charge in [-0.2, -0.15) is 5.10 Å². The topological polar surface area (TPSA) is 38.0 Å². The predicted octanol–water partition coefficient (Wildman–Crippen LogP) is 2.37. The maximum atomic E-state index is 9.05. The number of benzene rings is 1. The highest BCUT2D eigenvalue weighted by Gasteiger charge is 2.05. The van der Waals surface area contributed by atoms with E-state index < -0.39 is 0 Å². The molecule has 1 heterocycles. The van der Waals surface area contributed by atoms with Crippen LogP contribution in [0.4, 0.5) is 0 Å². The Hall–Kier alpha value is -1.61. The first kappa shape index (κ1) is 10.9. The minimum absolute atomic E-state index is 0.0926. The fourth-order valence-corrected chi connectivity index (χ4v) is 1.82. The summed E-state index contributed by atoms with van der Waals surface area (Å²) in [5.74, 6) is 0. The summed E-state index contributed by atoms with van der Waals surface area (Å²) in [6, 6.07) is 6.00. The third kappa shape index (κ3) is 1.99. The Morgan fingerprint density at radius 1 is 1.38 bits per heavy atom. The minimum atomic E-state index is 0.0926. The van der Waals surface area contributed by atoms with Crippen LogP contribution in [0, 0.1) is 6.92 Å². The van der Waals surface area contributed by atoms with Crippen LogP contribution in [0.5, 0.6) is 0 Å². The van der Waals surface area contributed by atoms with Gasteiger partial charge in [0, 0.05) is 18.3 Å². The maximum absolute atomic E-state index is 9.05. The van der Waals surface area contributed by atoms with Crippen LogP contribution in [0.2, 0.25) is 0 Å². The summed E-state index contributed by atoms with van der Waals surface area (Å²) >= 11 is 0. The van der Waals surface area contributed by atoms with Crippen molar-refractivity contribution in [2.45, 2.75) is 27.0 Å². The fourth-order valence-electron chi connectivity index (χ4n) is 1.82. The van der Waals surface area contributed by atoms with Crippen LogP contribution in [0.1, 0.15) is 18.1 Å². The van der Waals surface area contributed by atoms with E-state index in [4.69, 9.17) is 5.11 Å². The van der Waals surface area contributed by atoms with Gasteiger partial charge in [0.05, 0.1) is 12.8 Å². The third-order valence-corrected chi connectivity index (χ3v) is 2.74. The molecule has 0 aliphatic rings. The van der Waals surface area contributed by atoms with Gasteiger partial charge >= 0.3 is 0 Å². The molecule has 0 aliphatic carbocycles. The summed E-state index contributed by atoms with van der Waals surface area (Å²) in [4.78, 5) is 0. The second-order valence-electron chi connectivity index (χ2n) is 3.89. The number of hydrogen-bond acceptors (Lipinski definition) is 2. The molecule has 0 unspecified atom stereocenters. The lowest BCUT2D eigenvalue weighted by molar-refractivity contribution is 0.282. The van der Waals surface area contributed by atoms with Crippen LogP contribution in [-0.4, -0.2) is 14.9 Å². The van der Waals surface area contributed by atoms with E-state index in [1.807, 2.05) is 35.3 Å². The fraction of sp³-hybridized carbons (Fsp3) is 0.308. The Morgan fingerprint density at radius 2 is 2.19 bits per heavy atom. The number of aliphatic hydroxyl groups excluding tert-OH is 1. The maximum Gasteiger partial charge on any atom is 0.0681 e. The Labute approximate surface area is 95.3 Å². The molecule has 1 aromatic carbocycles. The van der Waals surface area contributed by atoms with Gasteiger partial charge in [-0.25, -0.2) is 0 Å². The van der Waals surface area contributed by atoms with Gasteiger partial charge in [-0.05, 0) is 30.5 Å². The molecule has 2 aromatic rings. The van der Waals surface area contributed by atoms with Crippen LogP contribution < -0.4 is 0 Å². The number of nitrogens with zero attached hydrogens (tertiary/aromatic N) is 2. The zero-order valence-electron chi connectivity index (χ0n) is 9.64. The van der Waals surface area contributed by atoms with Crippen molar-refractivity contribution in [3.05, 3.63) is 41.7 Å². The molecular formula is C13H16N2O. The lowest BCUT2D eigenvalue weighted by Gasteiger charge is -2.05. The van der Waals surface area contributed by atoms with Crippen LogP contribution in [0.25, 0.3) is 11.1 Å². The Morgan fingerprint density at radius 3 is 2.75 bits per heavy atom. The van der Waals surface area contributed by atoms with E-state index >= 15 is 0 Å². The molecule has 0 amide bonds. The van der Waals surface area contributed by atoms with Gasteiger partial charge in [-0.3, -0.25) is 4.68 Å². The SMILES string of the molecule is CCn1cc(-c2ccc(CO)cc2C)cn1. The van der Waals surface area contributed by atoms with Crippen molar-refractivity contribution in [2.24, 2.45) is 0 Å². The quantitative estimate of drug-likeness (QED) is 0.855. The molecule has 0 atom stereocenters. The smallest absolute Gasteiger partial charge is 0.0681 e. The molecular weight excluding hydrogens is 200 g/mol. The Balaban J connectivity index is 2.40. The lowest BCUT2D eigenvalue weighted by Crippen LogP contribution is -1.92. The molecule has 1 N–H and O–H groups in total. The van der Waals surface area contributed by atoms with E-state index in [0.717, 1.165) is 17.7 Å². The molecule has 2 rings (SSSR count). The van der Waals surface area contributed by atoms with Crippen LogP contribution in [0.3, 0.4) is 0 Å². The number of aliphatic hydroxyl groups is 1. The molecule has 16 heavy (non-hydrogen) atoms. The van der Waals surface area contributed by atoms with Gasteiger partial charge < -0.3 is 5.11 Å². The molecule has 1 aromatic heterocycles. The summed E-state index contributed by atoms with van der Waals surface area (Å²) in [6.07, 6.45) is 3.92. The molecule has 0 bridgehead atoms. The zero-order chi connectivity index (χ0) is 11.5. The largest absolute Gasteiger partial charge is 0.392 e. The molecule has 3 nitrogen and oxygen atoms in total. The van der Waals surface area contributed by atoms with Crippen molar-refractivity contribution < 1.29 is 5.11 Å². The van der Waals surface area contributed by atoms with Gasteiger partial charge in [0.1, 0.15) is 0 Å². The Bertz CT molecular complexity index is 488. The first-order valence-electron chi connectivity index (χ1n) is 5.47. The van der Waals surface area contributed by atoms with Crippen LogP contribution in [0.15, 0.2) is 30.6 Å². The van der Waals surface area contributed by atoms with E-state index in [1.54, 1.807) is 0 Å². The second-order valence-corrected chi connectivity index (χ2v) is 3.89. The molecule has 84 valence electrons. The monoisotopic (exact) mass is 216 g/mol. The van der Waals surface area contributed by atoms with Gasteiger partial charge in [0.25, 0.3) is 0 Å². The Kier molecular flexibility index (Phi) is 3.06. The third-order valence-electron chi connectivity index (χ3n) is 2.74. The molecule has 0 fully saturated rings. The summed E-state index contributed by atoms with van der Waals surface area (Å²) in [5, 5.41) is 13.3. The van der Waals surface area contributed by atoms with Crippen molar-refractivity contribution in [1.82, 2.24) is 9.78 Å². The summed E-state index contributed by atoms with van der Waals surface area (Å²) in [5.41, 5.74) is 4.42. The van der Waals surface area contributed by atoms with E-state index in [9.17, 15) is 0 Å². The first-order chi connectivity index (χ1) is 7.74. The minimum Gasteiger partial charge on any atom is -0.392 e. The van der Waals surface area contributed by atoms with Gasteiger partial charge in [-0.15, -0.1) is 0 Å². The summed E-state index contributed by atoms with van der Waals surface area (Å²) in [6.45, 7) is 5.10. The molecule has 3 heteroatoms. The highest BCUT2D eigenvalue weighted by molar-refractivity contribution is 5.66. The van der Waals surface area contributed by atoms with Gasteiger partial charge in [0.2, 0.25) is 0 Å². The number of aryl methyl sites for hydroxylation is 2. The summed E-state index contributed by atoms with van der Waals surface area (Å²) < 4.78 is 1.91. The molecule has 0 aliphatic heterocycles. The van der Waals surface area contributed by atoms with Crippen molar-refractivity contribution in [3.8, 4) is 11.1 Å². The number of hydrogen-bond donors (Lipinski definition) is 1. The van der Waals surface area contributed by atoms with E-state index in [2.05, 4.69) is 18.9 Å². The molecule has 0 radical (unpaired) electrons. The predicted molar refractivity (Wildman–Crippen MR) is 64.0 cm³/mol. The standard InChI is InChI=1S/C13H16N2O/c1-3-15-8-12(7-14-15)13-5-4-11(9-16)6-10(13)2/h4-8,16H,3,9H2,1-2H3.